The Balaban J connectivity index is 2.27. The molecule has 0 atom stereocenters. The molecule has 7 heteroatoms. The molecule has 0 radical (unpaired) electrons. The molecule has 0 aliphatic rings. The van der Waals surface area contributed by atoms with Crippen molar-refractivity contribution >= 4 is 39.0 Å². The SMILES string of the molecule is Cc1cc(NC(=O)c2cnc(Br)s2)n(C(C)(C)C)n1. The second-order valence-electron chi connectivity index (χ2n) is 5.19. The maximum Gasteiger partial charge on any atom is 0.268 e. The number of hydrogen-bond acceptors (Lipinski definition) is 4. The van der Waals surface area contributed by atoms with Crippen LogP contribution >= 0.6 is 27.3 Å². The van der Waals surface area contributed by atoms with E-state index in [1.165, 1.54) is 11.3 Å². The summed E-state index contributed by atoms with van der Waals surface area (Å²) in [7, 11) is 0. The molecule has 2 heterocycles. The molecular formula is C12H15BrN4OS. The Morgan fingerprint density at radius 1 is 1.47 bits per heavy atom. The van der Waals surface area contributed by atoms with Gasteiger partial charge >= 0.3 is 0 Å². The summed E-state index contributed by atoms with van der Waals surface area (Å²) >= 11 is 4.55. The fourth-order valence-corrected chi connectivity index (χ4v) is 2.80. The van der Waals surface area contributed by atoms with Gasteiger partial charge in [-0.05, 0) is 43.6 Å². The summed E-state index contributed by atoms with van der Waals surface area (Å²) < 4.78 is 2.51. The molecule has 19 heavy (non-hydrogen) atoms. The number of rotatable bonds is 2. The molecule has 0 spiro atoms. The number of aryl methyl sites for hydroxylation is 1. The summed E-state index contributed by atoms with van der Waals surface area (Å²) in [5, 5.41) is 7.29. The predicted molar refractivity (Wildman–Crippen MR) is 79.7 cm³/mol. The van der Waals surface area contributed by atoms with Crippen LogP contribution in [0.1, 0.15) is 36.1 Å². The lowest BCUT2D eigenvalue weighted by Crippen LogP contribution is -2.26. The number of aromatic nitrogens is 3. The molecule has 2 rings (SSSR count). The van der Waals surface area contributed by atoms with Gasteiger partial charge in [0.1, 0.15) is 10.7 Å². The third-order valence-corrected chi connectivity index (χ3v) is 3.88. The average molecular weight is 343 g/mol. The highest BCUT2D eigenvalue weighted by Crippen LogP contribution is 2.23. The number of anilines is 1. The zero-order chi connectivity index (χ0) is 14.2. The maximum atomic E-state index is 12.1. The standard InChI is InChI=1S/C12H15BrN4OS/c1-7-5-9(17(16-7)12(2,3)4)15-10(18)8-6-14-11(13)19-8/h5-6H,1-4H3,(H,15,18). The molecule has 2 aromatic heterocycles. The summed E-state index contributed by atoms with van der Waals surface area (Å²) in [6.45, 7) is 8.02. The van der Waals surface area contributed by atoms with Gasteiger partial charge in [-0.2, -0.15) is 5.10 Å². The van der Waals surface area contributed by atoms with E-state index < -0.39 is 0 Å². The average Bonchev–Trinajstić information content (AvgIpc) is 2.84. The van der Waals surface area contributed by atoms with E-state index in [1.807, 2.05) is 38.4 Å². The maximum absolute atomic E-state index is 12.1. The predicted octanol–water partition coefficient (Wildman–Crippen LogP) is 3.42. The molecule has 0 fully saturated rings. The van der Waals surface area contributed by atoms with Crippen molar-refractivity contribution in [2.75, 3.05) is 5.32 Å². The van der Waals surface area contributed by atoms with Gasteiger partial charge in [0.15, 0.2) is 3.92 Å². The number of nitrogens with one attached hydrogen (secondary N) is 1. The Morgan fingerprint density at radius 2 is 2.16 bits per heavy atom. The minimum absolute atomic E-state index is 0.173. The van der Waals surface area contributed by atoms with Gasteiger partial charge < -0.3 is 5.32 Å². The van der Waals surface area contributed by atoms with Crippen LogP contribution < -0.4 is 5.32 Å². The van der Waals surface area contributed by atoms with Gasteiger partial charge in [0, 0.05) is 6.07 Å². The summed E-state index contributed by atoms with van der Waals surface area (Å²) in [4.78, 5) is 16.7. The second kappa shape index (κ2) is 5.05. The lowest BCUT2D eigenvalue weighted by molar-refractivity contribution is 0.102. The van der Waals surface area contributed by atoms with Crippen LogP contribution in [0.5, 0.6) is 0 Å². The van der Waals surface area contributed by atoms with Gasteiger partial charge in [-0.3, -0.25) is 4.79 Å². The molecule has 0 aliphatic heterocycles. The Labute approximate surface area is 124 Å². The van der Waals surface area contributed by atoms with Crippen LogP contribution in [0.2, 0.25) is 0 Å². The summed E-state index contributed by atoms with van der Waals surface area (Å²) in [5.74, 6) is 0.521. The van der Waals surface area contributed by atoms with E-state index in [4.69, 9.17) is 0 Å². The molecule has 1 N–H and O–H groups in total. The quantitative estimate of drug-likeness (QED) is 0.909. The van der Waals surface area contributed by atoms with Crippen LogP contribution in [0, 0.1) is 6.92 Å². The summed E-state index contributed by atoms with van der Waals surface area (Å²) in [6, 6.07) is 1.86. The Hall–Kier alpha value is -1.21. The van der Waals surface area contributed by atoms with Gasteiger partial charge in [-0.15, -0.1) is 11.3 Å². The molecule has 0 bridgehead atoms. The summed E-state index contributed by atoms with van der Waals surface area (Å²) in [5.41, 5.74) is 0.682. The first-order valence-corrected chi connectivity index (χ1v) is 7.38. The lowest BCUT2D eigenvalue weighted by Gasteiger charge is -2.22. The van der Waals surface area contributed by atoms with Crippen LogP contribution in [-0.4, -0.2) is 20.7 Å². The van der Waals surface area contributed by atoms with Crippen molar-refractivity contribution in [2.24, 2.45) is 0 Å². The first-order chi connectivity index (χ1) is 8.77. The van der Waals surface area contributed by atoms with Crippen LogP contribution in [0.25, 0.3) is 0 Å². The van der Waals surface area contributed by atoms with Crippen molar-refractivity contribution in [1.29, 1.82) is 0 Å². The van der Waals surface area contributed by atoms with E-state index in [1.54, 1.807) is 6.20 Å². The van der Waals surface area contributed by atoms with Crippen LogP contribution in [0.3, 0.4) is 0 Å². The molecule has 5 nitrogen and oxygen atoms in total. The van der Waals surface area contributed by atoms with Crippen molar-refractivity contribution < 1.29 is 4.79 Å². The van der Waals surface area contributed by atoms with Gasteiger partial charge in [0.05, 0.1) is 17.4 Å². The molecule has 2 aromatic rings. The van der Waals surface area contributed by atoms with E-state index >= 15 is 0 Å². The smallest absolute Gasteiger partial charge is 0.268 e. The van der Waals surface area contributed by atoms with Gasteiger partial charge in [-0.1, -0.05) is 0 Å². The first-order valence-electron chi connectivity index (χ1n) is 5.77. The third kappa shape index (κ3) is 3.22. The van der Waals surface area contributed by atoms with E-state index in [0.29, 0.717) is 14.6 Å². The van der Waals surface area contributed by atoms with Crippen molar-refractivity contribution in [2.45, 2.75) is 33.2 Å². The van der Waals surface area contributed by atoms with Gasteiger partial charge in [0.25, 0.3) is 5.91 Å². The number of thiazole rings is 1. The summed E-state index contributed by atoms with van der Waals surface area (Å²) in [6.07, 6.45) is 1.55. The molecular weight excluding hydrogens is 328 g/mol. The van der Waals surface area contributed by atoms with E-state index in [9.17, 15) is 4.79 Å². The third-order valence-electron chi connectivity index (χ3n) is 2.41. The number of amides is 1. The molecule has 0 saturated heterocycles. The Kier molecular flexibility index (Phi) is 3.78. The number of carbonyl (C=O) groups is 1. The minimum atomic E-state index is -0.189. The highest BCUT2D eigenvalue weighted by Gasteiger charge is 2.20. The molecule has 102 valence electrons. The molecule has 0 aromatic carbocycles. The molecule has 0 saturated carbocycles. The number of carbonyl (C=O) groups excluding carboxylic acids is 1. The minimum Gasteiger partial charge on any atom is -0.306 e. The van der Waals surface area contributed by atoms with Crippen molar-refractivity contribution in [3.63, 3.8) is 0 Å². The largest absolute Gasteiger partial charge is 0.306 e. The van der Waals surface area contributed by atoms with Gasteiger partial charge in [-0.25, -0.2) is 9.67 Å². The number of hydrogen-bond donors (Lipinski definition) is 1. The highest BCUT2D eigenvalue weighted by atomic mass is 79.9. The zero-order valence-corrected chi connectivity index (χ0v) is 13.6. The van der Waals surface area contributed by atoms with E-state index in [-0.39, 0.29) is 11.4 Å². The van der Waals surface area contributed by atoms with E-state index in [2.05, 4.69) is 31.3 Å². The molecule has 1 amide bonds. The fourth-order valence-electron chi connectivity index (χ4n) is 1.64. The Morgan fingerprint density at radius 3 is 2.68 bits per heavy atom. The highest BCUT2D eigenvalue weighted by molar-refractivity contribution is 9.11. The molecule has 0 aliphatic carbocycles. The number of nitrogens with zero attached hydrogens (tertiary/aromatic N) is 3. The van der Waals surface area contributed by atoms with Crippen molar-refractivity contribution in [3.05, 3.63) is 26.8 Å². The normalized spacial score (nSPS) is 11.6. The fraction of sp³-hybridized carbons (Fsp3) is 0.417. The van der Waals surface area contributed by atoms with Crippen LogP contribution in [0.4, 0.5) is 5.82 Å². The topological polar surface area (TPSA) is 59.8 Å². The molecule has 0 unspecified atom stereocenters. The lowest BCUT2D eigenvalue weighted by atomic mass is 10.1. The van der Waals surface area contributed by atoms with Gasteiger partial charge in [0.2, 0.25) is 0 Å². The van der Waals surface area contributed by atoms with Crippen molar-refractivity contribution in [1.82, 2.24) is 14.8 Å². The first kappa shape index (κ1) is 14.2. The van der Waals surface area contributed by atoms with Crippen LogP contribution in [-0.2, 0) is 5.54 Å². The number of halogens is 1. The Bertz CT molecular complexity index is 612. The van der Waals surface area contributed by atoms with E-state index in [0.717, 1.165) is 5.69 Å². The van der Waals surface area contributed by atoms with Crippen LogP contribution in [0.15, 0.2) is 16.2 Å². The van der Waals surface area contributed by atoms with Crippen molar-refractivity contribution in [3.8, 4) is 0 Å². The monoisotopic (exact) mass is 342 g/mol. The second-order valence-corrected chi connectivity index (χ2v) is 7.49. The zero-order valence-electron chi connectivity index (χ0n) is 11.2.